The molecule has 0 aliphatic carbocycles. The summed E-state index contributed by atoms with van der Waals surface area (Å²) in [6.45, 7) is 2.36. The molecule has 0 saturated heterocycles. The Morgan fingerprint density at radius 3 is 2.23 bits per heavy atom. The van der Waals surface area contributed by atoms with Crippen LogP contribution >= 0.6 is 0 Å². The smallest absolute Gasteiger partial charge is 0.545 e. The third-order valence-corrected chi connectivity index (χ3v) is 1.21. The van der Waals surface area contributed by atoms with Crippen molar-refractivity contribution >= 4 is 5.97 Å². The van der Waals surface area contributed by atoms with Crippen molar-refractivity contribution in [2.45, 2.75) is 32.6 Å². The maximum absolute atomic E-state index is 12.3. The fourth-order valence-electron chi connectivity index (χ4n) is 0.808. The second-order valence-corrected chi connectivity index (χ2v) is 2.66. The van der Waals surface area contributed by atoms with Crippen LogP contribution in [0.4, 0.5) is 8.78 Å². The molecule has 0 rings (SSSR count). The standard InChI is InChI=1S/C8H12F2O2.Na/c1-3-4-6(7(11)12)5-8(2,9)10;/h5H,3-4H2,1-2H3,(H,11,12);/q;+1/p-1/b6-5+;. The maximum Gasteiger partial charge on any atom is 1.00 e. The SMILES string of the molecule is CCC/C(=C\C(C)(F)F)C(=O)[O-].[Na+]. The summed E-state index contributed by atoms with van der Waals surface area (Å²) in [4.78, 5) is 10.3. The number of carboxylic acids is 1. The third kappa shape index (κ3) is 8.40. The molecule has 0 saturated carbocycles. The molecule has 0 spiro atoms. The Hall–Kier alpha value is 0.0700. The monoisotopic (exact) mass is 200 g/mol. The van der Waals surface area contributed by atoms with Crippen LogP contribution in [0.25, 0.3) is 0 Å². The number of rotatable bonds is 4. The minimum Gasteiger partial charge on any atom is -0.545 e. The number of carbonyl (C=O) groups excluding carboxylic acids is 1. The number of aliphatic carboxylic acids is 1. The van der Waals surface area contributed by atoms with Gasteiger partial charge in [0.25, 0.3) is 5.92 Å². The van der Waals surface area contributed by atoms with Gasteiger partial charge in [0.05, 0.1) is 5.97 Å². The molecule has 70 valence electrons. The summed E-state index contributed by atoms with van der Waals surface area (Å²) in [7, 11) is 0. The van der Waals surface area contributed by atoms with Crippen LogP contribution < -0.4 is 34.7 Å². The Balaban J connectivity index is 0. The van der Waals surface area contributed by atoms with Gasteiger partial charge in [-0.05, 0) is 18.1 Å². The van der Waals surface area contributed by atoms with Crippen LogP contribution in [0.15, 0.2) is 11.6 Å². The van der Waals surface area contributed by atoms with Gasteiger partial charge in [0.15, 0.2) is 0 Å². The van der Waals surface area contributed by atoms with E-state index < -0.39 is 11.9 Å². The molecule has 0 fully saturated rings. The van der Waals surface area contributed by atoms with E-state index in [9.17, 15) is 18.7 Å². The molecule has 0 aromatic rings. The molecule has 0 heterocycles. The summed E-state index contributed by atoms with van der Waals surface area (Å²) in [5.41, 5.74) is -0.329. The summed E-state index contributed by atoms with van der Waals surface area (Å²) < 4.78 is 24.6. The molecule has 0 aliphatic rings. The molecule has 0 aromatic carbocycles. The van der Waals surface area contributed by atoms with Gasteiger partial charge in [-0.1, -0.05) is 13.3 Å². The average molecular weight is 200 g/mol. The van der Waals surface area contributed by atoms with Crippen LogP contribution in [0.5, 0.6) is 0 Å². The molecule has 2 nitrogen and oxygen atoms in total. The number of carbonyl (C=O) groups is 1. The quantitative estimate of drug-likeness (QED) is 0.393. The average Bonchev–Trinajstić information content (AvgIpc) is 1.83. The number of halogens is 2. The van der Waals surface area contributed by atoms with Crippen LogP contribution in [-0.2, 0) is 4.79 Å². The number of alkyl halides is 2. The molecule has 0 N–H and O–H groups in total. The molecule has 0 amide bonds. The van der Waals surface area contributed by atoms with Crippen molar-refractivity contribution in [1.29, 1.82) is 0 Å². The predicted molar refractivity (Wildman–Crippen MR) is 38.6 cm³/mol. The van der Waals surface area contributed by atoms with Gasteiger partial charge in [-0.15, -0.1) is 0 Å². The van der Waals surface area contributed by atoms with Gasteiger partial charge in [0, 0.05) is 6.92 Å². The van der Waals surface area contributed by atoms with Crippen molar-refractivity contribution in [2.24, 2.45) is 0 Å². The fourth-order valence-corrected chi connectivity index (χ4v) is 0.808. The van der Waals surface area contributed by atoms with E-state index in [-0.39, 0.29) is 41.6 Å². The Morgan fingerprint density at radius 1 is 1.54 bits per heavy atom. The van der Waals surface area contributed by atoms with Crippen molar-refractivity contribution in [2.75, 3.05) is 0 Å². The van der Waals surface area contributed by atoms with Crippen LogP contribution in [0, 0.1) is 0 Å². The van der Waals surface area contributed by atoms with E-state index in [1.807, 2.05) is 0 Å². The van der Waals surface area contributed by atoms with Crippen molar-refractivity contribution < 1.29 is 48.2 Å². The second-order valence-electron chi connectivity index (χ2n) is 2.66. The maximum atomic E-state index is 12.3. The van der Waals surface area contributed by atoms with Gasteiger partial charge in [0.2, 0.25) is 0 Å². The minimum absolute atomic E-state index is 0. The molecule has 0 unspecified atom stereocenters. The summed E-state index contributed by atoms with van der Waals surface area (Å²) in [6, 6.07) is 0. The van der Waals surface area contributed by atoms with Crippen molar-refractivity contribution in [1.82, 2.24) is 0 Å². The summed E-state index contributed by atoms with van der Waals surface area (Å²) in [6.07, 6.45) is 1.06. The van der Waals surface area contributed by atoms with Crippen molar-refractivity contribution in [3.05, 3.63) is 11.6 Å². The van der Waals surface area contributed by atoms with Gasteiger partial charge < -0.3 is 9.90 Å². The minimum atomic E-state index is -3.08. The van der Waals surface area contributed by atoms with E-state index in [2.05, 4.69) is 0 Å². The first kappa shape index (κ1) is 15.5. The molecular weight excluding hydrogens is 189 g/mol. The third-order valence-electron chi connectivity index (χ3n) is 1.21. The Morgan fingerprint density at radius 2 is 2.00 bits per heavy atom. The van der Waals surface area contributed by atoms with E-state index in [0.29, 0.717) is 19.4 Å². The topological polar surface area (TPSA) is 40.1 Å². The van der Waals surface area contributed by atoms with E-state index in [1.54, 1.807) is 6.92 Å². The van der Waals surface area contributed by atoms with E-state index in [1.165, 1.54) is 0 Å². The Kier molecular flexibility index (Phi) is 7.78. The molecule has 0 atom stereocenters. The van der Waals surface area contributed by atoms with Gasteiger partial charge in [-0.2, -0.15) is 0 Å². The first-order chi connectivity index (χ1) is 5.37. The van der Waals surface area contributed by atoms with Gasteiger partial charge in [-0.3, -0.25) is 0 Å². The number of hydrogen-bond donors (Lipinski definition) is 0. The summed E-state index contributed by atoms with van der Waals surface area (Å²) in [5.74, 6) is -4.59. The molecule has 0 bridgehead atoms. The summed E-state index contributed by atoms with van der Waals surface area (Å²) >= 11 is 0. The Bertz CT molecular complexity index is 197. The van der Waals surface area contributed by atoms with Crippen LogP contribution in [0.1, 0.15) is 26.7 Å². The number of hydrogen-bond acceptors (Lipinski definition) is 2. The normalized spacial score (nSPS) is 12.2. The van der Waals surface area contributed by atoms with Crippen LogP contribution in [0.3, 0.4) is 0 Å². The Labute approximate surface area is 98.3 Å². The molecule has 0 aromatic heterocycles. The zero-order valence-electron chi connectivity index (χ0n) is 8.06. The van der Waals surface area contributed by atoms with E-state index in [4.69, 9.17) is 0 Å². The molecule has 5 heteroatoms. The van der Waals surface area contributed by atoms with Crippen molar-refractivity contribution in [3.8, 4) is 0 Å². The zero-order chi connectivity index (χ0) is 9.78. The molecular formula is C8H11F2NaO2. The molecule has 0 aliphatic heterocycles. The fraction of sp³-hybridized carbons (Fsp3) is 0.625. The summed E-state index contributed by atoms with van der Waals surface area (Å²) in [5, 5.41) is 10.3. The van der Waals surface area contributed by atoms with Crippen LogP contribution in [-0.4, -0.2) is 11.9 Å². The first-order valence-corrected chi connectivity index (χ1v) is 3.67. The van der Waals surface area contributed by atoms with Gasteiger partial charge in [-0.25, -0.2) is 8.78 Å². The van der Waals surface area contributed by atoms with Crippen LogP contribution in [0.2, 0.25) is 0 Å². The first-order valence-electron chi connectivity index (χ1n) is 3.67. The zero-order valence-corrected chi connectivity index (χ0v) is 10.1. The largest absolute Gasteiger partial charge is 1.00 e. The number of allylic oxidation sites excluding steroid dienone is 1. The second kappa shape index (κ2) is 6.51. The molecule has 13 heavy (non-hydrogen) atoms. The van der Waals surface area contributed by atoms with Crippen molar-refractivity contribution in [3.63, 3.8) is 0 Å². The van der Waals surface area contributed by atoms with Gasteiger partial charge >= 0.3 is 29.6 Å². The van der Waals surface area contributed by atoms with E-state index >= 15 is 0 Å². The predicted octanol–water partition coefficient (Wildman–Crippen LogP) is -1.88. The van der Waals surface area contributed by atoms with E-state index in [0.717, 1.165) is 0 Å². The molecule has 0 radical (unpaired) electrons. The van der Waals surface area contributed by atoms with Gasteiger partial charge in [0.1, 0.15) is 0 Å². The number of carboxylic acid groups (broad SMARTS) is 1.